The second-order valence-electron chi connectivity index (χ2n) is 1.54. The minimum absolute atomic E-state index is 0.0297. The van der Waals surface area contributed by atoms with Gasteiger partial charge < -0.3 is 9.84 Å². The molecule has 0 bridgehead atoms. The van der Waals surface area contributed by atoms with Crippen molar-refractivity contribution in [1.29, 1.82) is 0 Å². The number of ether oxygens (including phenoxy) is 1. The minimum Gasteiger partial charge on any atom is -0.426 e. The van der Waals surface area contributed by atoms with E-state index in [-0.39, 0.29) is 13.0 Å². The highest BCUT2D eigenvalue weighted by Crippen LogP contribution is 1.84. The summed E-state index contributed by atoms with van der Waals surface area (Å²) < 4.78 is 4.46. The average Bonchev–Trinajstić information content (AvgIpc) is 1.89. The number of rotatable bonds is 3. The zero-order chi connectivity index (χ0) is 7.82. The van der Waals surface area contributed by atoms with Crippen molar-refractivity contribution in [2.45, 2.75) is 13.3 Å². The Balaban J connectivity index is 3.49. The number of aliphatic hydroxyl groups is 1. The molecule has 0 spiro atoms. The molecule has 0 aromatic heterocycles. The highest BCUT2D eigenvalue weighted by atomic mass is 16.5. The minimum atomic E-state index is -0.447. The zero-order valence-electron chi connectivity index (χ0n) is 5.83. The van der Waals surface area contributed by atoms with Crippen molar-refractivity contribution in [3.05, 3.63) is 18.1 Å². The van der Waals surface area contributed by atoms with Crippen LogP contribution in [-0.2, 0) is 9.53 Å². The molecule has 3 heteroatoms. The number of carbonyl (C=O) groups excluding carboxylic acids is 1. The molecule has 1 N–H and O–H groups in total. The van der Waals surface area contributed by atoms with Crippen molar-refractivity contribution in [3.8, 4) is 0 Å². The second-order valence-corrected chi connectivity index (χ2v) is 1.54. The summed E-state index contributed by atoms with van der Waals surface area (Å²) in [6.07, 6.45) is 2.81. The van der Waals surface area contributed by atoms with Crippen LogP contribution in [0.25, 0.3) is 0 Å². The summed E-state index contributed by atoms with van der Waals surface area (Å²) in [6, 6.07) is 0. The van der Waals surface area contributed by atoms with Gasteiger partial charge in [0.1, 0.15) is 6.26 Å². The summed E-state index contributed by atoms with van der Waals surface area (Å²) in [4.78, 5) is 10.5. The molecule has 10 heavy (non-hydrogen) atoms. The third kappa shape index (κ3) is 5.09. The van der Waals surface area contributed by atoms with E-state index < -0.39 is 5.97 Å². The lowest BCUT2D eigenvalue weighted by Crippen LogP contribution is -2.01. The van der Waals surface area contributed by atoms with E-state index >= 15 is 0 Å². The van der Waals surface area contributed by atoms with Gasteiger partial charge in [-0.05, 0) is 13.0 Å². The van der Waals surface area contributed by atoms with Crippen LogP contribution in [0.5, 0.6) is 0 Å². The lowest BCUT2D eigenvalue weighted by atomic mass is 10.5. The monoisotopic (exact) mass is 142 g/mol. The largest absolute Gasteiger partial charge is 0.426 e. The van der Waals surface area contributed by atoms with Gasteiger partial charge in [0, 0.05) is 0 Å². The van der Waals surface area contributed by atoms with Gasteiger partial charge in [0.25, 0.3) is 0 Å². The van der Waals surface area contributed by atoms with Crippen molar-refractivity contribution in [2.24, 2.45) is 0 Å². The molecule has 0 radical (unpaired) electrons. The molecule has 0 aliphatic heterocycles. The van der Waals surface area contributed by atoms with Crippen molar-refractivity contribution in [1.82, 2.24) is 0 Å². The van der Waals surface area contributed by atoms with Crippen LogP contribution in [0, 0.1) is 0 Å². The van der Waals surface area contributed by atoms with Crippen LogP contribution in [-0.4, -0.2) is 17.7 Å². The van der Waals surface area contributed by atoms with Crippen molar-refractivity contribution in [2.75, 3.05) is 6.61 Å². The van der Waals surface area contributed by atoms with Gasteiger partial charge in [0.2, 0.25) is 0 Å². The first kappa shape index (κ1) is 8.95. The fourth-order valence-electron chi connectivity index (χ4n) is 0.318. The van der Waals surface area contributed by atoms with Gasteiger partial charge in [-0.1, -0.05) is 5.73 Å². The van der Waals surface area contributed by atoms with Gasteiger partial charge in [-0.3, -0.25) is 4.79 Å². The molecule has 0 unspecified atom stereocenters. The summed E-state index contributed by atoms with van der Waals surface area (Å²) >= 11 is 0. The zero-order valence-corrected chi connectivity index (χ0v) is 5.83. The summed E-state index contributed by atoms with van der Waals surface area (Å²) in [5, 5.41) is 8.25. The van der Waals surface area contributed by atoms with E-state index in [2.05, 4.69) is 10.5 Å². The summed E-state index contributed by atoms with van der Waals surface area (Å²) in [6.45, 7) is 1.58. The third-order valence-electron chi connectivity index (χ3n) is 0.741. The van der Waals surface area contributed by atoms with Crippen LogP contribution < -0.4 is 0 Å². The van der Waals surface area contributed by atoms with Crippen LogP contribution in [0.2, 0.25) is 0 Å². The van der Waals surface area contributed by atoms with E-state index in [1.807, 2.05) is 0 Å². The lowest BCUT2D eigenvalue weighted by Gasteiger charge is -1.91. The fraction of sp³-hybridized carbons (Fsp3) is 0.429. The number of allylic oxidation sites excluding steroid dienone is 1. The number of esters is 1. The van der Waals surface area contributed by atoms with Crippen molar-refractivity contribution < 1.29 is 14.6 Å². The molecule has 0 atom stereocenters. The van der Waals surface area contributed by atoms with E-state index in [0.717, 1.165) is 6.26 Å². The van der Waals surface area contributed by atoms with Crippen LogP contribution in [0.15, 0.2) is 18.1 Å². The smallest absolute Gasteiger partial charge is 0.313 e. The number of carbonyl (C=O) groups is 1. The van der Waals surface area contributed by atoms with E-state index in [0.29, 0.717) is 0 Å². The van der Waals surface area contributed by atoms with Crippen LogP contribution in [0.1, 0.15) is 13.3 Å². The Hall–Kier alpha value is -1.05. The quantitative estimate of drug-likeness (QED) is 0.356. The predicted octanol–water partition coefficient (Wildman–Crippen LogP) is 0.601. The molecule has 0 saturated carbocycles. The first-order valence-electron chi connectivity index (χ1n) is 2.97. The first-order chi connectivity index (χ1) is 4.81. The lowest BCUT2D eigenvalue weighted by molar-refractivity contribution is -0.138. The van der Waals surface area contributed by atoms with Crippen molar-refractivity contribution >= 4 is 5.97 Å². The molecule has 0 aliphatic carbocycles. The molecule has 0 aromatic rings. The average molecular weight is 142 g/mol. The molecule has 0 saturated heterocycles. The Morgan fingerprint density at radius 2 is 2.50 bits per heavy atom. The predicted molar refractivity (Wildman–Crippen MR) is 36.1 cm³/mol. The van der Waals surface area contributed by atoms with E-state index in [9.17, 15) is 4.79 Å². The summed E-state index contributed by atoms with van der Waals surface area (Å²) in [7, 11) is 0. The maximum absolute atomic E-state index is 10.5. The SMILES string of the molecule is CC=C=COC(=O)CCO. The molecule has 0 heterocycles. The van der Waals surface area contributed by atoms with Gasteiger partial charge in [-0.2, -0.15) is 0 Å². The Labute approximate surface area is 59.6 Å². The van der Waals surface area contributed by atoms with E-state index in [4.69, 9.17) is 5.11 Å². The highest BCUT2D eigenvalue weighted by Gasteiger charge is 1.96. The van der Waals surface area contributed by atoms with Gasteiger partial charge >= 0.3 is 5.97 Å². The Bertz CT molecular complexity index is 154. The molecule has 0 rings (SSSR count). The van der Waals surface area contributed by atoms with Gasteiger partial charge in [0.15, 0.2) is 0 Å². The maximum Gasteiger partial charge on any atom is 0.313 e. The number of hydrogen-bond acceptors (Lipinski definition) is 3. The van der Waals surface area contributed by atoms with Gasteiger partial charge in [-0.15, -0.1) is 0 Å². The Morgan fingerprint density at radius 3 is 3.00 bits per heavy atom. The Kier molecular flexibility index (Phi) is 5.44. The molecular formula is C7H10O3. The summed E-state index contributed by atoms with van der Waals surface area (Å²) in [5.74, 6) is -0.447. The molecule has 0 aromatic carbocycles. The first-order valence-corrected chi connectivity index (χ1v) is 2.97. The standard InChI is InChI=1S/C7H10O3/c1-2-3-6-10-7(9)4-5-8/h2,6,8H,4-5H2,1H3. The van der Waals surface area contributed by atoms with Crippen molar-refractivity contribution in [3.63, 3.8) is 0 Å². The fourth-order valence-corrected chi connectivity index (χ4v) is 0.318. The second kappa shape index (κ2) is 6.08. The molecule has 3 nitrogen and oxygen atoms in total. The highest BCUT2D eigenvalue weighted by molar-refractivity contribution is 5.69. The number of aliphatic hydroxyl groups excluding tert-OH is 1. The van der Waals surface area contributed by atoms with Crippen LogP contribution in [0.3, 0.4) is 0 Å². The van der Waals surface area contributed by atoms with Crippen LogP contribution >= 0.6 is 0 Å². The number of hydrogen-bond donors (Lipinski definition) is 1. The molecule has 0 fully saturated rings. The third-order valence-corrected chi connectivity index (χ3v) is 0.741. The summed E-state index contributed by atoms with van der Waals surface area (Å²) in [5.41, 5.74) is 2.56. The van der Waals surface area contributed by atoms with E-state index in [1.165, 1.54) is 0 Å². The molecule has 0 aliphatic rings. The molecule has 56 valence electrons. The van der Waals surface area contributed by atoms with E-state index in [1.54, 1.807) is 13.0 Å². The van der Waals surface area contributed by atoms with Gasteiger partial charge in [-0.25, -0.2) is 0 Å². The normalized spacial score (nSPS) is 7.80. The molecular weight excluding hydrogens is 132 g/mol. The van der Waals surface area contributed by atoms with Crippen LogP contribution in [0.4, 0.5) is 0 Å². The topological polar surface area (TPSA) is 46.5 Å². The maximum atomic E-state index is 10.5. The van der Waals surface area contributed by atoms with Gasteiger partial charge in [0.05, 0.1) is 13.0 Å². The molecule has 0 amide bonds. The Morgan fingerprint density at radius 1 is 1.80 bits per heavy atom.